The molecule has 2 aromatic rings. The highest BCUT2D eigenvalue weighted by Crippen LogP contribution is 2.27. The summed E-state index contributed by atoms with van der Waals surface area (Å²) in [5, 5.41) is 0.0985. The molecule has 9 heteroatoms. The maximum Gasteiger partial charge on any atom is 0.312 e. The van der Waals surface area contributed by atoms with E-state index in [0.29, 0.717) is 0 Å². The number of rotatable bonds is 2. The third-order valence-electron chi connectivity index (χ3n) is 1.97. The molecule has 1 aromatic heterocycles. The standard InChI is InChI=1S/C9H4ClFN3O3S/c10-7-2-1-5(18(15,16)17)3-6(7)8-12-4-13-9(11)14-8/h1-3H,(H,15,16,17). The molecule has 2 rings (SSSR count). The van der Waals surface area contributed by atoms with Gasteiger partial charge in [-0.25, -0.2) is 4.98 Å². The van der Waals surface area contributed by atoms with Gasteiger partial charge in [0.05, 0.1) is 9.92 Å². The summed E-state index contributed by atoms with van der Waals surface area (Å²) in [4.78, 5) is 9.53. The minimum Gasteiger partial charge on any atom is -0.282 e. The zero-order chi connectivity index (χ0) is 13.3. The first-order valence-electron chi connectivity index (χ1n) is 4.43. The monoisotopic (exact) mass is 288 g/mol. The molecule has 93 valence electrons. The van der Waals surface area contributed by atoms with Crippen LogP contribution in [0.2, 0.25) is 5.02 Å². The van der Waals surface area contributed by atoms with Gasteiger partial charge in [-0.3, -0.25) is 4.55 Å². The van der Waals surface area contributed by atoms with E-state index in [9.17, 15) is 12.8 Å². The minimum atomic E-state index is -4.39. The van der Waals surface area contributed by atoms with Gasteiger partial charge >= 0.3 is 6.08 Å². The molecule has 0 aliphatic heterocycles. The molecule has 1 heterocycles. The Kier molecular flexibility index (Phi) is 3.24. The topological polar surface area (TPSA) is 93.0 Å². The van der Waals surface area contributed by atoms with Gasteiger partial charge in [0.25, 0.3) is 10.1 Å². The molecular weight excluding hydrogens is 285 g/mol. The number of nitrogens with zero attached hydrogens (tertiary/aromatic N) is 3. The van der Waals surface area contributed by atoms with Gasteiger partial charge in [-0.15, -0.1) is 0 Å². The molecule has 6 nitrogen and oxygen atoms in total. The Morgan fingerprint density at radius 3 is 2.67 bits per heavy atom. The highest BCUT2D eigenvalue weighted by molar-refractivity contribution is 7.85. The number of hydrogen-bond acceptors (Lipinski definition) is 5. The summed E-state index contributed by atoms with van der Waals surface area (Å²) in [6.45, 7) is 0. The van der Waals surface area contributed by atoms with Crippen LogP contribution in [-0.2, 0) is 10.1 Å². The summed E-state index contributed by atoms with van der Waals surface area (Å²) in [5.41, 5.74) is 0.0457. The van der Waals surface area contributed by atoms with Crippen molar-refractivity contribution in [2.45, 2.75) is 4.90 Å². The molecule has 1 aromatic carbocycles. The van der Waals surface area contributed by atoms with Gasteiger partial charge in [0.15, 0.2) is 5.82 Å². The number of aromatic nitrogens is 3. The summed E-state index contributed by atoms with van der Waals surface area (Å²) in [5.74, 6) is -0.182. The lowest BCUT2D eigenvalue weighted by molar-refractivity contribution is 0.483. The van der Waals surface area contributed by atoms with Crippen molar-refractivity contribution < 1.29 is 17.4 Å². The van der Waals surface area contributed by atoms with Crippen LogP contribution in [-0.4, -0.2) is 27.9 Å². The number of halogens is 2. The second-order valence-electron chi connectivity index (χ2n) is 3.14. The van der Waals surface area contributed by atoms with E-state index >= 15 is 0 Å². The van der Waals surface area contributed by atoms with Gasteiger partial charge in [0.2, 0.25) is 6.33 Å². The van der Waals surface area contributed by atoms with Gasteiger partial charge in [-0.05, 0) is 18.2 Å². The summed E-state index contributed by atoms with van der Waals surface area (Å²) in [7, 11) is -4.39. The largest absolute Gasteiger partial charge is 0.312 e. The van der Waals surface area contributed by atoms with E-state index in [4.69, 9.17) is 16.2 Å². The minimum absolute atomic E-state index is 0.0457. The van der Waals surface area contributed by atoms with Crippen molar-refractivity contribution in [1.29, 1.82) is 0 Å². The second kappa shape index (κ2) is 4.56. The van der Waals surface area contributed by atoms with Crippen molar-refractivity contribution in [3.8, 4) is 11.4 Å². The molecule has 0 unspecified atom stereocenters. The second-order valence-corrected chi connectivity index (χ2v) is 4.97. The van der Waals surface area contributed by atoms with E-state index in [-0.39, 0.29) is 16.4 Å². The molecule has 0 saturated heterocycles. The average Bonchev–Trinajstić information content (AvgIpc) is 2.28. The highest BCUT2D eigenvalue weighted by Gasteiger charge is 2.15. The Morgan fingerprint density at radius 1 is 1.33 bits per heavy atom. The summed E-state index contributed by atoms with van der Waals surface area (Å²) < 4.78 is 43.7. The molecule has 0 saturated carbocycles. The van der Waals surface area contributed by atoms with Crippen LogP contribution < -0.4 is 0 Å². The summed E-state index contributed by atoms with van der Waals surface area (Å²) in [6, 6.07) is 3.35. The van der Waals surface area contributed by atoms with Gasteiger partial charge < -0.3 is 0 Å². The van der Waals surface area contributed by atoms with Crippen LogP contribution in [0.15, 0.2) is 23.1 Å². The van der Waals surface area contributed by atoms with E-state index in [1.54, 1.807) is 0 Å². The molecule has 1 radical (unpaired) electrons. The highest BCUT2D eigenvalue weighted by atomic mass is 35.5. The van der Waals surface area contributed by atoms with E-state index in [2.05, 4.69) is 15.0 Å². The first-order chi connectivity index (χ1) is 8.38. The number of benzene rings is 1. The van der Waals surface area contributed by atoms with Gasteiger partial charge in [-0.1, -0.05) is 11.6 Å². The zero-order valence-corrected chi connectivity index (χ0v) is 10.1. The third-order valence-corrected chi connectivity index (χ3v) is 3.15. The van der Waals surface area contributed by atoms with E-state index in [1.165, 1.54) is 6.07 Å². The average molecular weight is 289 g/mol. The number of hydrogen-bond donors (Lipinski definition) is 1. The molecule has 1 N–H and O–H groups in total. The first kappa shape index (κ1) is 12.8. The molecule has 0 bridgehead atoms. The van der Waals surface area contributed by atoms with Crippen molar-refractivity contribution >= 4 is 21.7 Å². The Bertz CT molecular complexity index is 708. The van der Waals surface area contributed by atoms with Gasteiger partial charge in [0.1, 0.15) is 0 Å². The van der Waals surface area contributed by atoms with Crippen molar-refractivity contribution in [1.82, 2.24) is 15.0 Å². The zero-order valence-electron chi connectivity index (χ0n) is 8.50. The van der Waals surface area contributed by atoms with Gasteiger partial charge in [0, 0.05) is 5.56 Å². The van der Waals surface area contributed by atoms with Crippen LogP contribution in [0.25, 0.3) is 11.4 Å². The van der Waals surface area contributed by atoms with Crippen LogP contribution in [0.3, 0.4) is 0 Å². The van der Waals surface area contributed by atoms with Crippen molar-refractivity contribution in [3.05, 3.63) is 35.6 Å². The molecule has 0 amide bonds. The first-order valence-corrected chi connectivity index (χ1v) is 6.25. The fourth-order valence-electron chi connectivity index (χ4n) is 1.21. The summed E-state index contributed by atoms with van der Waals surface area (Å²) in [6.07, 6.45) is 0.929. The maximum absolute atomic E-state index is 12.8. The van der Waals surface area contributed by atoms with Crippen LogP contribution in [0.5, 0.6) is 0 Å². The predicted octanol–water partition coefficient (Wildman–Crippen LogP) is 1.38. The van der Waals surface area contributed by atoms with E-state index < -0.39 is 21.1 Å². The van der Waals surface area contributed by atoms with Crippen molar-refractivity contribution in [2.24, 2.45) is 0 Å². The van der Waals surface area contributed by atoms with Crippen LogP contribution >= 0.6 is 11.6 Å². The van der Waals surface area contributed by atoms with E-state index in [1.807, 2.05) is 6.33 Å². The Labute approximate surface area is 106 Å². The SMILES string of the molecule is O=S(=O)(O)c1ccc(Cl)c(-c2n[c]nc(F)n2)c1. The van der Waals surface area contributed by atoms with Crippen LogP contribution in [0.4, 0.5) is 4.39 Å². The van der Waals surface area contributed by atoms with E-state index in [0.717, 1.165) is 12.1 Å². The lowest BCUT2D eigenvalue weighted by Crippen LogP contribution is -2.00. The molecule has 0 atom stereocenters. The Hall–Kier alpha value is -1.64. The van der Waals surface area contributed by atoms with Crippen molar-refractivity contribution in [2.75, 3.05) is 0 Å². The van der Waals surface area contributed by atoms with Crippen LogP contribution in [0.1, 0.15) is 0 Å². The maximum atomic E-state index is 12.8. The molecule has 18 heavy (non-hydrogen) atoms. The third kappa shape index (κ3) is 2.61. The van der Waals surface area contributed by atoms with Crippen LogP contribution in [0, 0.1) is 12.4 Å². The Balaban J connectivity index is 2.64. The summed E-state index contributed by atoms with van der Waals surface area (Å²) >= 11 is 5.82. The predicted molar refractivity (Wildman–Crippen MR) is 58.9 cm³/mol. The van der Waals surface area contributed by atoms with Gasteiger partial charge in [-0.2, -0.15) is 22.8 Å². The fraction of sp³-hybridized carbons (Fsp3) is 0. The smallest absolute Gasteiger partial charge is 0.282 e. The molecule has 0 fully saturated rings. The Morgan fingerprint density at radius 2 is 2.06 bits per heavy atom. The normalized spacial score (nSPS) is 11.5. The lowest BCUT2D eigenvalue weighted by atomic mass is 10.2. The molecule has 0 aliphatic rings. The molecular formula is C9H4ClFN3O3S. The van der Waals surface area contributed by atoms with Crippen molar-refractivity contribution in [3.63, 3.8) is 0 Å². The molecule has 0 aliphatic carbocycles. The quantitative estimate of drug-likeness (QED) is 0.839. The fourth-order valence-corrected chi connectivity index (χ4v) is 1.92. The molecule has 0 spiro atoms. The lowest BCUT2D eigenvalue weighted by Gasteiger charge is -2.04.